The molecule has 1 nitrogen and oxygen atoms in total. The molecule has 0 aliphatic heterocycles. The molecule has 0 aromatic heterocycles. The van der Waals surface area contributed by atoms with Crippen LogP contribution in [0.25, 0.3) is 21.9 Å². The Hall–Kier alpha value is -2.93. The summed E-state index contributed by atoms with van der Waals surface area (Å²) in [4.78, 5) is 4.72. The number of hydrogen-bond donors (Lipinski definition) is 0. The number of benzene rings is 2. The minimum absolute atomic E-state index is 1.01. The number of fused-ring (bicyclic) bond motifs is 2. The van der Waals surface area contributed by atoms with Gasteiger partial charge in [0.05, 0.1) is 5.69 Å². The van der Waals surface area contributed by atoms with Crippen molar-refractivity contribution in [3.8, 4) is 11.1 Å². The third-order valence-corrected chi connectivity index (χ3v) is 3.93. The molecule has 0 unspecified atom stereocenters. The second-order valence-corrected chi connectivity index (χ2v) is 5.32. The predicted molar refractivity (Wildman–Crippen MR) is 94.3 cm³/mol. The summed E-state index contributed by atoms with van der Waals surface area (Å²) >= 11 is 0. The average Bonchev–Trinajstić information content (AvgIpc) is 2.79. The van der Waals surface area contributed by atoms with E-state index in [-0.39, 0.29) is 0 Å². The zero-order valence-electron chi connectivity index (χ0n) is 12.1. The maximum absolute atomic E-state index is 4.72. The zero-order chi connectivity index (χ0) is 14.8. The second-order valence-electron chi connectivity index (χ2n) is 5.32. The van der Waals surface area contributed by atoms with Gasteiger partial charge in [-0.3, -0.25) is 4.99 Å². The van der Waals surface area contributed by atoms with Crippen molar-refractivity contribution in [3.05, 3.63) is 90.5 Å². The highest BCUT2D eigenvalue weighted by Crippen LogP contribution is 2.28. The third-order valence-electron chi connectivity index (χ3n) is 3.93. The van der Waals surface area contributed by atoms with Crippen LogP contribution < -0.4 is 0 Å². The quantitative estimate of drug-likeness (QED) is 0.418. The Balaban J connectivity index is 1.78. The molecule has 0 saturated carbocycles. The molecule has 2 aliphatic carbocycles. The Morgan fingerprint density at radius 3 is 2.45 bits per heavy atom. The molecule has 0 radical (unpaired) electrons. The zero-order valence-corrected chi connectivity index (χ0v) is 12.1. The van der Waals surface area contributed by atoms with Gasteiger partial charge < -0.3 is 0 Å². The fourth-order valence-electron chi connectivity index (χ4n) is 2.81. The van der Waals surface area contributed by atoms with Gasteiger partial charge in [-0.05, 0) is 22.6 Å². The van der Waals surface area contributed by atoms with Crippen molar-refractivity contribution in [2.24, 2.45) is 4.99 Å². The summed E-state index contributed by atoms with van der Waals surface area (Å²) in [7, 11) is 0. The van der Waals surface area contributed by atoms with Crippen molar-refractivity contribution in [3.63, 3.8) is 0 Å². The van der Waals surface area contributed by atoms with Gasteiger partial charge in [-0.15, -0.1) is 0 Å². The summed E-state index contributed by atoms with van der Waals surface area (Å²) in [6, 6.07) is 29.3. The van der Waals surface area contributed by atoms with Gasteiger partial charge in [-0.25, -0.2) is 0 Å². The minimum atomic E-state index is 1.01. The lowest BCUT2D eigenvalue weighted by Gasteiger charge is -2.01. The topological polar surface area (TPSA) is 12.4 Å². The summed E-state index contributed by atoms with van der Waals surface area (Å²) < 4.78 is 0. The van der Waals surface area contributed by atoms with Gasteiger partial charge in [-0.1, -0.05) is 78.9 Å². The number of nitrogens with zero attached hydrogens (tertiary/aromatic N) is 1. The van der Waals surface area contributed by atoms with E-state index >= 15 is 0 Å². The van der Waals surface area contributed by atoms with E-state index in [9.17, 15) is 0 Å². The molecule has 0 atom stereocenters. The average molecular weight is 281 g/mol. The van der Waals surface area contributed by atoms with Crippen molar-refractivity contribution < 1.29 is 0 Å². The van der Waals surface area contributed by atoms with Gasteiger partial charge in [0.2, 0.25) is 0 Å². The summed E-state index contributed by atoms with van der Waals surface area (Å²) in [6.45, 7) is 0. The Morgan fingerprint density at radius 1 is 0.636 bits per heavy atom. The highest BCUT2D eigenvalue weighted by Gasteiger charge is 2.05. The summed E-state index contributed by atoms with van der Waals surface area (Å²) in [6.07, 6.45) is 1.96. The fraction of sp³-hybridized carbons (Fsp3) is 0. The Kier molecular flexibility index (Phi) is 3.17. The lowest BCUT2D eigenvalue weighted by molar-refractivity contribution is 1.57. The van der Waals surface area contributed by atoms with Crippen LogP contribution in [0.2, 0.25) is 0 Å². The molecule has 22 heavy (non-hydrogen) atoms. The molecule has 4 rings (SSSR count). The van der Waals surface area contributed by atoms with Crippen LogP contribution in [0.3, 0.4) is 0 Å². The molecule has 0 N–H and O–H groups in total. The van der Waals surface area contributed by atoms with Crippen molar-refractivity contribution in [2.75, 3.05) is 0 Å². The van der Waals surface area contributed by atoms with E-state index in [1.807, 2.05) is 12.3 Å². The molecule has 2 aromatic rings. The number of aliphatic imine (C=N–C) groups is 1. The molecule has 0 heterocycles. The molecule has 1 heteroatoms. The largest absolute Gasteiger partial charge is 0.256 e. The first-order valence-corrected chi connectivity index (χ1v) is 7.41. The van der Waals surface area contributed by atoms with E-state index in [0.717, 1.165) is 11.3 Å². The van der Waals surface area contributed by atoms with Crippen LogP contribution in [0.15, 0.2) is 89.9 Å². The molecular weight excluding hydrogens is 266 g/mol. The van der Waals surface area contributed by atoms with E-state index in [1.165, 1.54) is 21.9 Å². The Morgan fingerprint density at radius 2 is 1.45 bits per heavy atom. The van der Waals surface area contributed by atoms with E-state index < -0.39 is 0 Å². The maximum Gasteiger partial charge on any atom is 0.0708 e. The van der Waals surface area contributed by atoms with Crippen LogP contribution >= 0.6 is 0 Å². The van der Waals surface area contributed by atoms with Gasteiger partial charge >= 0.3 is 0 Å². The summed E-state index contributed by atoms with van der Waals surface area (Å²) in [5, 5.41) is 2.40. The van der Waals surface area contributed by atoms with E-state index in [0.29, 0.717) is 0 Å². The van der Waals surface area contributed by atoms with E-state index in [2.05, 4.69) is 78.9 Å². The standard InChI is InChI=1S/C21H15N/c1-2-7-17-13-14-18(19(17)10-3-1)15-22-21-12-6-9-16-8-4-5-11-20(16)21/h1-15H. The van der Waals surface area contributed by atoms with Crippen molar-refractivity contribution in [1.29, 1.82) is 0 Å². The van der Waals surface area contributed by atoms with E-state index in [4.69, 9.17) is 4.99 Å². The van der Waals surface area contributed by atoms with Crippen LogP contribution in [0.5, 0.6) is 0 Å². The Labute approximate surface area is 129 Å². The highest BCUT2D eigenvalue weighted by atomic mass is 14.7. The normalized spacial score (nSPS) is 11.5. The SMILES string of the molecule is C(=Nc1cccc2ccccc12)c1ccc2cccccc1-2. The monoisotopic (exact) mass is 281 g/mol. The fourth-order valence-corrected chi connectivity index (χ4v) is 2.81. The van der Waals surface area contributed by atoms with Gasteiger partial charge in [0.25, 0.3) is 0 Å². The number of hydrogen-bond acceptors (Lipinski definition) is 1. The maximum atomic E-state index is 4.72. The van der Waals surface area contributed by atoms with Crippen LogP contribution in [0.1, 0.15) is 5.56 Å². The Bertz CT molecular complexity index is 932. The van der Waals surface area contributed by atoms with Crippen LogP contribution in [0.4, 0.5) is 5.69 Å². The van der Waals surface area contributed by atoms with Crippen LogP contribution in [-0.4, -0.2) is 6.21 Å². The first kappa shape index (κ1) is 12.8. The van der Waals surface area contributed by atoms with Crippen molar-refractivity contribution in [1.82, 2.24) is 0 Å². The molecule has 2 aromatic carbocycles. The first-order valence-electron chi connectivity index (χ1n) is 7.41. The smallest absolute Gasteiger partial charge is 0.0708 e. The van der Waals surface area contributed by atoms with Crippen molar-refractivity contribution >= 4 is 22.7 Å². The summed E-state index contributed by atoms with van der Waals surface area (Å²) in [5.41, 5.74) is 4.63. The molecule has 0 spiro atoms. The van der Waals surface area contributed by atoms with Gasteiger partial charge in [0, 0.05) is 17.2 Å². The second kappa shape index (κ2) is 5.45. The molecule has 0 amide bonds. The van der Waals surface area contributed by atoms with Crippen LogP contribution in [-0.2, 0) is 0 Å². The third kappa shape index (κ3) is 2.27. The summed E-state index contributed by atoms with van der Waals surface area (Å²) in [5.74, 6) is 0. The predicted octanol–water partition coefficient (Wildman–Crippen LogP) is 5.70. The molecule has 0 bridgehead atoms. The van der Waals surface area contributed by atoms with Crippen LogP contribution in [0, 0.1) is 0 Å². The highest BCUT2D eigenvalue weighted by molar-refractivity contribution is 5.98. The molecule has 104 valence electrons. The molecule has 0 fully saturated rings. The lowest BCUT2D eigenvalue weighted by Crippen LogP contribution is -1.80. The lowest BCUT2D eigenvalue weighted by atomic mass is 10.1. The molecular formula is C21H15N. The van der Waals surface area contributed by atoms with Crippen molar-refractivity contribution in [2.45, 2.75) is 0 Å². The molecule has 0 saturated heterocycles. The van der Waals surface area contributed by atoms with Gasteiger partial charge in [0.15, 0.2) is 0 Å². The minimum Gasteiger partial charge on any atom is -0.256 e. The van der Waals surface area contributed by atoms with E-state index in [1.54, 1.807) is 0 Å². The first-order chi connectivity index (χ1) is 10.9. The van der Waals surface area contributed by atoms with Gasteiger partial charge in [0.1, 0.15) is 0 Å². The molecule has 2 aliphatic rings. The number of rotatable bonds is 2. The van der Waals surface area contributed by atoms with Gasteiger partial charge in [-0.2, -0.15) is 0 Å².